The average Bonchev–Trinajstić information content (AvgIpc) is 2.59. The van der Waals surface area contributed by atoms with Crippen molar-refractivity contribution < 1.29 is 39.6 Å². The highest BCUT2D eigenvalue weighted by atomic mass is 16.4. The number of rotatable bonds is 1. The van der Waals surface area contributed by atoms with E-state index in [-0.39, 0.29) is 25.9 Å². The molecule has 0 bridgehead atoms. The van der Waals surface area contributed by atoms with Crippen molar-refractivity contribution in [3.63, 3.8) is 0 Å². The van der Waals surface area contributed by atoms with Crippen molar-refractivity contribution >= 4 is 25.9 Å². The predicted molar refractivity (Wildman–Crippen MR) is 86.6 cm³/mol. The number of hydrogen-bond donors (Lipinski definition) is 4. The van der Waals surface area contributed by atoms with Gasteiger partial charge in [0.25, 0.3) is 25.9 Å². The molecule has 0 aliphatic carbocycles. The molecule has 0 saturated carbocycles. The highest BCUT2D eigenvalue weighted by molar-refractivity contribution is 5.62. The maximum Gasteiger partial charge on any atom is 0.290 e. The topological polar surface area (TPSA) is 149 Å². The Morgan fingerprint density at radius 1 is 0.458 bits per heavy atom. The standard InChI is InChI=1S/C12H10.4CH2O2/c1-3-7-11(8-4-1)12-9-5-2-6-10-12;4*2-1-3/h1-10H;4*1H,(H,2,3). The Hall–Kier alpha value is -3.68. The van der Waals surface area contributed by atoms with Gasteiger partial charge >= 0.3 is 0 Å². The van der Waals surface area contributed by atoms with Crippen LogP contribution in [-0.4, -0.2) is 46.3 Å². The molecule has 0 aromatic heterocycles. The molecule has 0 fully saturated rings. The van der Waals surface area contributed by atoms with Gasteiger partial charge in [-0.2, -0.15) is 0 Å². The third kappa shape index (κ3) is 20.6. The van der Waals surface area contributed by atoms with E-state index in [1.807, 2.05) is 12.1 Å². The minimum atomic E-state index is -0.250. The van der Waals surface area contributed by atoms with Crippen LogP contribution in [0.15, 0.2) is 60.7 Å². The number of carboxylic acid groups (broad SMARTS) is 4. The summed E-state index contributed by atoms with van der Waals surface area (Å²) in [6, 6.07) is 20.8. The van der Waals surface area contributed by atoms with E-state index in [0.29, 0.717) is 0 Å². The first-order valence-electron chi connectivity index (χ1n) is 6.05. The fourth-order valence-electron chi connectivity index (χ4n) is 1.26. The molecule has 8 heteroatoms. The molecule has 24 heavy (non-hydrogen) atoms. The van der Waals surface area contributed by atoms with Crippen molar-refractivity contribution in [2.24, 2.45) is 0 Å². The normalized spacial score (nSPS) is 6.83. The molecule has 2 aromatic carbocycles. The van der Waals surface area contributed by atoms with Gasteiger partial charge in [-0.3, -0.25) is 19.2 Å². The Morgan fingerprint density at radius 2 is 0.625 bits per heavy atom. The fourth-order valence-corrected chi connectivity index (χ4v) is 1.26. The molecule has 0 saturated heterocycles. The van der Waals surface area contributed by atoms with Crippen molar-refractivity contribution in [2.75, 3.05) is 0 Å². The lowest BCUT2D eigenvalue weighted by Crippen LogP contribution is -1.73. The van der Waals surface area contributed by atoms with Crippen LogP contribution in [0.25, 0.3) is 11.1 Å². The van der Waals surface area contributed by atoms with Gasteiger partial charge in [-0.25, -0.2) is 0 Å². The molecule has 0 heterocycles. The lowest BCUT2D eigenvalue weighted by molar-refractivity contribution is -0.123. The Bertz CT molecular complexity index is 453. The van der Waals surface area contributed by atoms with Crippen LogP contribution in [0.3, 0.4) is 0 Å². The van der Waals surface area contributed by atoms with Gasteiger partial charge in [0.2, 0.25) is 0 Å². The summed E-state index contributed by atoms with van der Waals surface area (Å²) in [5.41, 5.74) is 2.55. The highest BCUT2D eigenvalue weighted by Gasteiger charge is 1.91. The molecule has 0 atom stereocenters. The van der Waals surface area contributed by atoms with Gasteiger partial charge < -0.3 is 20.4 Å². The predicted octanol–water partition coefficient (Wildman–Crippen LogP) is 2.16. The van der Waals surface area contributed by atoms with Crippen molar-refractivity contribution in [1.82, 2.24) is 0 Å². The number of carbonyl (C=O) groups is 4. The molecular formula is C16H18O8. The van der Waals surface area contributed by atoms with Crippen LogP contribution >= 0.6 is 0 Å². The summed E-state index contributed by atoms with van der Waals surface area (Å²) in [5, 5.41) is 27.6. The Balaban J connectivity index is -0.000000307. The van der Waals surface area contributed by atoms with E-state index in [1.165, 1.54) is 11.1 Å². The van der Waals surface area contributed by atoms with Crippen LogP contribution < -0.4 is 0 Å². The molecule has 0 radical (unpaired) electrons. The van der Waals surface area contributed by atoms with Crippen LogP contribution in [0, 0.1) is 0 Å². The molecule has 2 rings (SSSR count). The quantitative estimate of drug-likeness (QED) is 0.578. The lowest BCUT2D eigenvalue weighted by atomic mass is 10.1. The van der Waals surface area contributed by atoms with Gasteiger partial charge in [-0.05, 0) is 11.1 Å². The molecule has 0 spiro atoms. The molecule has 4 N–H and O–H groups in total. The van der Waals surface area contributed by atoms with Crippen LogP contribution in [0.1, 0.15) is 0 Å². The smallest absolute Gasteiger partial charge is 0.290 e. The minimum Gasteiger partial charge on any atom is -0.483 e. The van der Waals surface area contributed by atoms with E-state index in [9.17, 15) is 0 Å². The number of benzene rings is 2. The molecule has 0 unspecified atom stereocenters. The Labute approximate surface area is 138 Å². The summed E-state index contributed by atoms with van der Waals surface area (Å²) in [6.45, 7) is -1.00. The average molecular weight is 338 g/mol. The summed E-state index contributed by atoms with van der Waals surface area (Å²) in [6.07, 6.45) is 0. The van der Waals surface area contributed by atoms with E-state index < -0.39 is 0 Å². The van der Waals surface area contributed by atoms with Gasteiger partial charge in [0.1, 0.15) is 0 Å². The Morgan fingerprint density at radius 3 is 0.792 bits per heavy atom. The zero-order valence-corrected chi connectivity index (χ0v) is 12.5. The second kappa shape index (κ2) is 24.3. The summed E-state index contributed by atoms with van der Waals surface area (Å²) >= 11 is 0. The third-order valence-corrected chi connectivity index (χ3v) is 1.88. The van der Waals surface area contributed by atoms with E-state index >= 15 is 0 Å². The molecule has 130 valence electrons. The van der Waals surface area contributed by atoms with Gasteiger partial charge in [0.15, 0.2) is 0 Å². The SMILES string of the molecule is O=CO.O=CO.O=CO.O=CO.c1ccc(-c2ccccc2)cc1. The van der Waals surface area contributed by atoms with E-state index in [1.54, 1.807) is 0 Å². The van der Waals surface area contributed by atoms with Crippen LogP contribution in [0.5, 0.6) is 0 Å². The minimum absolute atomic E-state index is 0.250. The summed E-state index contributed by atoms with van der Waals surface area (Å²) < 4.78 is 0. The third-order valence-electron chi connectivity index (χ3n) is 1.88. The first-order chi connectivity index (χ1) is 11.6. The molecule has 0 aliphatic rings. The first-order valence-corrected chi connectivity index (χ1v) is 6.05. The largest absolute Gasteiger partial charge is 0.483 e. The lowest BCUT2D eigenvalue weighted by Gasteiger charge is -1.98. The summed E-state index contributed by atoms with van der Waals surface area (Å²) in [7, 11) is 0. The van der Waals surface area contributed by atoms with Crippen molar-refractivity contribution in [3.8, 4) is 11.1 Å². The maximum absolute atomic E-state index is 8.36. The van der Waals surface area contributed by atoms with Gasteiger partial charge in [0, 0.05) is 0 Å². The zero-order valence-electron chi connectivity index (χ0n) is 12.5. The highest BCUT2D eigenvalue weighted by Crippen LogP contribution is 2.17. The molecule has 2 aromatic rings. The fraction of sp³-hybridized carbons (Fsp3) is 0. The summed E-state index contributed by atoms with van der Waals surface area (Å²) in [4.78, 5) is 33.4. The van der Waals surface area contributed by atoms with E-state index in [2.05, 4.69) is 48.5 Å². The number of hydrogen-bond acceptors (Lipinski definition) is 4. The van der Waals surface area contributed by atoms with E-state index in [4.69, 9.17) is 39.6 Å². The first kappa shape index (κ1) is 25.3. The zero-order chi connectivity index (χ0) is 19.1. The second-order valence-corrected chi connectivity index (χ2v) is 3.15. The van der Waals surface area contributed by atoms with Crippen molar-refractivity contribution in [2.45, 2.75) is 0 Å². The maximum atomic E-state index is 8.36. The Kier molecular flexibility index (Phi) is 25.6. The molecule has 8 nitrogen and oxygen atoms in total. The van der Waals surface area contributed by atoms with Crippen LogP contribution in [0.4, 0.5) is 0 Å². The molecule has 0 amide bonds. The second-order valence-electron chi connectivity index (χ2n) is 3.15. The van der Waals surface area contributed by atoms with Crippen LogP contribution in [-0.2, 0) is 19.2 Å². The monoisotopic (exact) mass is 338 g/mol. The van der Waals surface area contributed by atoms with Crippen molar-refractivity contribution in [1.29, 1.82) is 0 Å². The van der Waals surface area contributed by atoms with E-state index in [0.717, 1.165) is 0 Å². The van der Waals surface area contributed by atoms with Crippen LogP contribution in [0.2, 0.25) is 0 Å². The van der Waals surface area contributed by atoms with Gasteiger partial charge in [0.05, 0.1) is 0 Å². The summed E-state index contributed by atoms with van der Waals surface area (Å²) in [5.74, 6) is 0. The molecule has 0 aliphatic heterocycles. The molecular weight excluding hydrogens is 320 g/mol. The van der Waals surface area contributed by atoms with Gasteiger partial charge in [-0.1, -0.05) is 60.7 Å². The van der Waals surface area contributed by atoms with Crippen molar-refractivity contribution in [3.05, 3.63) is 60.7 Å². The van der Waals surface area contributed by atoms with Gasteiger partial charge in [-0.15, -0.1) is 0 Å².